The molecule has 0 bridgehead atoms. The predicted molar refractivity (Wildman–Crippen MR) is 102 cm³/mol. The number of nitrogens with zero attached hydrogens (tertiary/aromatic N) is 1. The molecular formula is C21H36N2O4. The monoisotopic (exact) mass is 380 g/mol. The minimum absolute atomic E-state index is 0.00765. The maximum Gasteiger partial charge on any atom is 0.222 e. The van der Waals surface area contributed by atoms with E-state index in [4.69, 9.17) is 9.47 Å². The molecule has 154 valence electrons. The first-order chi connectivity index (χ1) is 13.2. The lowest BCUT2D eigenvalue weighted by Crippen LogP contribution is -2.56. The fraction of sp³-hybridized carbons (Fsp3) is 0.952. The van der Waals surface area contributed by atoms with Gasteiger partial charge in [0, 0.05) is 25.7 Å². The summed E-state index contributed by atoms with van der Waals surface area (Å²) in [5.41, 5.74) is 0. The van der Waals surface area contributed by atoms with Gasteiger partial charge in [-0.15, -0.1) is 0 Å². The van der Waals surface area contributed by atoms with Gasteiger partial charge in [0.2, 0.25) is 5.91 Å². The Morgan fingerprint density at radius 2 is 1.85 bits per heavy atom. The van der Waals surface area contributed by atoms with Crippen LogP contribution >= 0.6 is 0 Å². The molecule has 0 aromatic heterocycles. The number of carbonyl (C=O) groups is 1. The van der Waals surface area contributed by atoms with Gasteiger partial charge < -0.3 is 19.9 Å². The van der Waals surface area contributed by atoms with Crippen LogP contribution in [0.25, 0.3) is 0 Å². The average Bonchev–Trinajstić information content (AvgIpc) is 3.33. The van der Waals surface area contributed by atoms with E-state index in [0.717, 1.165) is 31.8 Å². The molecule has 0 radical (unpaired) electrons. The Balaban J connectivity index is 1.32. The van der Waals surface area contributed by atoms with Gasteiger partial charge >= 0.3 is 0 Å². The molecule has 2 aliphatic heterocycles. The number of aliphatic hydroxyl groups is 1. The van der Waals surface area contributed by atoms with Gasteiger partial charge in [0.1, 0.15) is 0 Å². The molecule has 4 rings (SSSR count). The maximum absolute atomic E-state index is 12.2. The van der Waals surface area contributed by atoms with Crippen molar-refractivity contribution in [3.05, 3.63) is 0 Å². The standard InChI is InChI=1S/C21H36N2O4/c24-17-12-23(11-16-3-1-2-4-16)19-8-7-18(27-20(19)14-26-13-17)9-21(25)22-10-15-5-6-15/h15-20,24H,1-14H2,(H,22,25)/t17-,18-,19+,20-/m0/s1. The van der Waals surface area contributed by atoms with Gasteiger partial charge in [-0.2, -0.15) is 0 Å². The van der Waals surface area contributed by atoms with E-state index < -0.39 is 6.10 Å². The molecule has 2 saturated heterocycles. The Morgan fingerprint density at radius 1 is 1.04 bits per heavy atom. The van der Waals surface area contributed by atoms with Crippen molar-refractivity contribution >= 4 is 5.91 Å². The highest BCUT2D eigenvalue weighted by Gasteiger charge is 2.39. The van der Waals surface area contributed by atoms with Crippen LogP contribution in [-0.4, -0.2) is 73.1 Å². The number of ether oxygens (including phenoxy) is 2. The van der Waals surface area contributed by atoms with E-state index in [-0.39, 0.29) is 18.1 Å². The first-order valence-corrected chi connectivity index (χ1v) is 11.1. The molecule has 0 aromatic carbocycles. The third-order valence-electron chi connectivity index (χ3n) is 6.75. The van der Waals surface area contributed by atoms with E-state index in [1.807, 2.05) is 0 Å². The SMILES string of the molecule is O=C(C[C@@H]1CC[C@@H]2[C@H](COC[C@@H](O)CN2CC2CCCC2)O1)NCC1CC1. The number of hydrogen-bond donors (Lipinski definition) is 2. The summed E-state index contributed by atoms with van der Waals surface area (Å²) in [6.07, 6.45) is 9.79. The smallest absolute Gasteiger partial charge is 0.222 e. The summed E-state index contributed by atoms with van der Waals surface area (Å²) >= 11 is 0. The van der Waals surface area contributed by atoms with Gasteiger partial charge in [0.25, 0.3) is 0 Å². The number of rotatable bonds is 6. The highest BCUT2D eigenvalue weighted by Crippen LogP contribution is 2.32. The number of nitrogens with one attached hydrogen (secondary N) is 1. The Bertz CT molecular complexity index is 493. The molecule has 6 heteroatoms. The van der Waals surface area contributed by atoms with Crippen molar-refractivity contribution in [1.29, 1.82) is 0 Å². The fourth-order valence-electron chi connectivity index (χ4n) is 5.04. The lowest BCUT2D eigenvalue weighted by Gasteiger charge is -2.45. The van der Waals surface area contributed by atoms with Crippen molar-refractivity contribution in [2.24, 2.45) is 11.8 Å². The Kier molecular flexibility index (Phi) is 6.69. The molecular weight excluding hydrogens is 344 g/mol. The highest BCUT2D eigenvalue weighted by molar-refractivity contribution is 5.76. The Hall–Kier alpha value is -0.690. The molecule has 1 amide bonds. The van der Waals surface area contributed by atoms with Crippen molar-refractivity contribution in [3.63, 3.8) is 0 Å². The normalized spacial score (nSPS) is 36.0. The Morgan fingerprint density at radius 3 is 2.63 bits per heavy atom. The maximum atomic E-state index is 12.2. The number of amides is 1. The van der Waals surface area contributed by atoms with Gasteiger partial charge in [-0.1, -0.05) is 12.8 Å². The molecule has 2 N–H and O–H groups in total. The first-order valence-electron chi connectivity index (χ1n) is 11.1. The van der Waals surface area contributed by atoms with Crippen molar-refractivity contribution in [2.75, 3.05) is 32.8 Å². The van der Waals surface area contributed by atoms with E-state index in [1.165, 1.54) is 38.5 Å². The summed E-state index contributed by atoms with van der Waals surface area (Å²) in [4.78, 5) is 14.7. The van der Waals surface area contributed by atoms with Gasteiger partial charge in [-0.05, 0) is 50.4 Å². The summed E-state index contributed by atoms with van der Waals surface area (Å²) in [5.74, 6) is 1.58. The van der Waals surface area contributed by atoms with Crippen LogP contribution in [-0.2, 0) is 14.3 Å². The summed E-state index contributed by atoms with van der Waals surface area (Å²) in [6, 6.07) is 0.298. The summed E-state index contributed by atoms with van der Waals surface area (Å²) < 4.78 is 12.1. The minimum atomic E-state index is -0.418. The first kappa shape index (κ1) is 19.6. The zero-order chi connectivity index (χ0) is 18.6. The largest absolute Gasteiger partial charge is 0.389 e. The average molecular weight is 381 g/mol. The second-order valence-corrected chi connectivity index (χ2v) is 9.19. The number of β-amino-alcohol motifs (C(OH)–C–C–N with tert-alkyl or cyclic N) is 1. The Labute approximate surface area is 163 Å². The van der Waals surface area contributed by atoms with Crippen LogP contribution in [0.15, 0.2) is 0 Å². The number of hydrogen-bond acceptors (Lipinski definition) is 5. The van der Waals surface area contributed by atoms with Gasteiger partial charge in [-0.3, -0.25) is 9.69 Å². The van der Waals surface area contributed by atoms with Gasteiger partial charge in [0.05, 0.1) is 37.9 Å². The van der Waals surface area contributed by atoms with Crippen LogP contribution in [0.4, 0.5) is 0 Å². The third-order valence-corrected chi connectivity index (χ3v) is 6.75. The number of carbonyl (C=O) groups excluding carboxylic acids is 1. The van der Waals surface area contributed by atoms with Gasteiger partial charge in [-0.25, -0.2) is 0 Å². The van der Waals surface area contributed by atoms with Crippen molar-refractivity contribution in [1.82, 2.24) is 10.2 Å². The molecule has 2 aliphatic carbocycles. The molecule has 2 saturated carbocycles. The molecule has 4 fully saturated rings. The zero-order valence-corrected chi connectivity index (χ0v) is 16.5. The van der Waals surface area contributed by atoms with Crippen LogP contribution in [0.5, 0.6) is 0 Å². The van der Waals surface area contributed by atoms with E-state index in [9.17, 15) is 9.90 Å². The molecule has 27 heavy (non-hydrogen) atoms. The van der Waals surface area contributed by atoms with E-state index >= 15 is 0 Å². The number of aliphatic hydroxyl groups excluding tert-OH is 1. The van der Waals surface area contributed by atoms with Crippen LogP contribution in [0, 0.1) is 11.8 Å². The predicted octanol–water partition coefficient (Wildman–Crippen LogP) is 1.70. The van der Waals surface area contributed by atoms with E-state index in [0.29, 0.717) is 38.1 Å². The molecule has 2 heterocycles. The minimum Gasteiger partial charge on any atom is -0.389 e. The highest BCUT2D eigenvalue weighted by atomic mass is 16.5. The molecule has 0 spiro atoms. The quantitative estimate of drug-likeness (QED) is 0.734. The van der Waals surface area contributed by atoms with Crippen molar-refractivity contribution in [2.45, 2.75) is 82.1 Å². The fourth-order valence-corrected chi connectivity index (χ4v) is 5.04. The summed E-state index contributed by atoms with van der Waals surface area (Å²) in [7, 11) is 0. The van der Waals surface area contributed by atoms with Gasteiger partial charge in [0.15, 0.2) is 0 Å². The van der Waals surface area contributed by atoms with Crippen LogP contribution < -0.4 is 5.32 Å². The van der Waals surface area contributed by atoms with E-state index in [2.05, 4.69) is 10.2 Å². The third kappa shape index (κ3) is 5.66. The van der Waals surface area contributed by atoms with Crippen LogP contribution in [0.2, 0.25) is 0 Å². The summed E-state index contributed by atoms with van der Waals surface area (Å²) in [5, 5.41) is 13.3. The van der Waals surface area contributed by atoms with Crippen molar-refractivity contribution in [3.8, 4) is 0 Å². The lowest BCUT2D eigenvalue weighted by atomic mass is 9.93. The molecule has 4 atom stereocenters. The summed E-state index contributed by atoms with van der Waals surface area (Å²) in [6.45, 7) is 3.46. The topological polar surface area (TPSA) is 71.0 Å². The molecule has 4 aliphatic rings. The van der Waals surface area contributed by atoms with E-state index in [1.54, 1.807) is 0 Å². The van der Waals surface area contributed by atoms with Crippen LogP contribution in [0.3, 0.4) is 0 Å². The second kappa shape index (κ2) is 9.21. The number of fused-ring (bicyclic) bond motifs is 1. The van der Waals surface area contributed by atoms with Crippen molar-refractivity contribution < 1.29 is 19.4 Å². The molecule has 6 nitrogen and oxygen atoms in total. The van der Waals surface area contributed by atoms with Crippen LogP contribution in [0.1, 0.15) is 57.8 Å². The zero-order valence-electron chi connectivity index (χ0n) is 16.5. The molecule has 0 aromatic rings. The second-order valence-electron chi connectivity index (χ2n) is 9.19. The lowest BCUT2D eigenvalue weighted by molar-refractivity contribution is -0.158. The molecule has 0 unspecified atom stereocenters.